The largest absolute Gasteiger partial charge is 0.481 e. The molecular formula is C31H39N3O3S. The Hall–Kier alpha value is -2.77. The number of carboxylic acid groups (broad SMARTS) is 1. The highest BCUT2D eigenvalue weighted by Gasteiger charge is 2.30. The van der Waals surface area contributed by atoms with Crippen LogP contribution in [0, 0.1) is 17.3 Å². The quantitative estimate of drug-likeness (QED) is 0.383. The summed E-state index contributed by atoms with van der Waals surface area (Å²) in [6.07, 6.45) is 5.38. The Morgan fingerprint density at radius 2 is 1.87 bits per heavy atom. The molecule has 0 radical (unpaired) electrons. The van der Waals surface area contributed by atoms with Gasteiger partial charge >= 0.3 is 5.97 Å². The number of rotatable bonds is 7. The number of hydrogen-bond donors (Lipinski definition) is 2. The van der Waals surface area contributed by atoms with E-state index in [-0.39, 0.29) is 23.3 Å². The first-order valence-electron chi connectivity index (χ1n) is 13.9. The molecule has 202 valence electrons. The fourth-order valence-electron chi connectivity index (χ4n) is 5.93. The van der Waals surface area contributed by atoms with Crippen LogP contribution in [-0.4, -0.2) is 46.5 Å². The van der Waals surface area contributed by atoms with Crippen molar-refractivity contribution in [1.82, 2.24) is 15.2 Å². The molecule has 1 aliphatic carbocycles. The number of aryl methyl sites for hydroxylation is 1. The van der Waals surface area contributed by atoms with E-state index in [1.165, 1.54) is 29.0 Å². The topological polar surface area (TPSA) is 82.5 Å². The molecule has 1 aromatic carbocycles. The zero-order valence-corrected chi connectivity index (χ0v) is 23.5. The minimum absolute atomic E-state index is 0.0584. The van der Waals surface area contributed by atoms with Gasteiger partial charge in [0.15, 0.2) is 0 Å². The molecule has 7 heteroatoms. The Kier molecular flexibility index (Phi) is 7.87. The number of hydrogen-bond acceptors (Lipinski definition) is 5. The molecule has 1 fully saturated rings. The molecule has 2 atom stereocenters. The highest BCUT2D eigenvalue weighted by atomic mass is 32.1. The summed E-state index contributed by atoms with van der Waals surface area (Å²) in [6, 6.07) is 14.3. The Labute approximate surface area is 229 Å². The molecule has 3 heterocycles. The molecule has 38 heavy (non-hydrogen) atoms. The number of benzene rings is 1. The van der Waals surface area contributed by atoms with E-state index in [1.807, 2.05) is 24.3 Å². The average molecular weight is 534 g/mol. The van der Waals surface area contributed by atoms with E-state index in [9.17, 15) is 14.7 Å². The van der Waals surface area contributed by atoms with Gasteiger partial charge in [0.25, 0.3) is 5.91 Å². The Morgan fingerprint density at radius 1 is 1.13 bits per heavy atom. The lowest BCUT2D eigenvalue weighted by atomic mass is 9.71. The lowest BCUT2D eigenvalue weighted by molar-refractivity contribution is -0.143. The molecule has 1 unspecified atom stereocenters. The number of aromatic nitrogens is 1. The van der Waals surface area contributed by atoms with Crippen LogP contribution in [-0.2, 0) is 17.6 Å². The van der Waals surface area contributed by atoms with E-state index < -0.39 is 5.97 Å². The second-order valence-electron chi connectivity index (χ2n) is 12.1. The smallest absolute Gasteiger partial charge is 0.306 e. The predicted octanol–water partition coefficient (Wildman–Crippen LogP) is 6.11. The normalized spacial score (nSPS) is 19.7. The van der Waals surface area contributed by atoms with Gasteiger partial charge in [-0.05, 0) is 86.2 Å². The average Bonchev–Trinajstić information content (AvgIpc) is 3.32. The number of aliphatic carboxylic acids is 1. The Balaban J connectivity index is 1.29. The fraction of sp³-hybridized carbons (Fsp3) is 0.516. The van der Waals surface area contributed by atoms with Crippen LogP contribution >= 0.6 is 11.3 Å². The second kappa shape index (κ2) is 11.1. The van der Waals surface area contributed by atoms with Crippen molar-refractivity contribution in [2.45, 2.75) is 65.3 Å². The monoisotopic (exact) mass is 533 g/mol. The first-order chi connectivity index (χ1) is 18.2. The van der Waals surface area contributed by atoms with Crippen LogP contribution in [0.4, 0.5) is 0 Å². The summed E-state index contributed by atoms with van der Waals surface area (Å²) >= 11 is 1.48. The molecular weight excluding hydrogens is 494 g/mol. The number of pyridine rings is 1. The molecule has 1 amide bonds. The van der Waals surface area contributed by atoms with Gasteiger partial charge < -0.3 is 15.3 Å². The molecule has 2 aromatic heterocycles. The SMILES string of the molecule is CC(C)(C)[C@H]1CCc2nc3sc(C(=O)NC(CCN4CCC(C(=O)O)CC4)c4ccccc4)cc3cc2C1. The van der Waals surface area contributed by atoms with Crippen LogP contribution in [0.5, 0.6) is 0 Å². The van der Waals surface area contributed by atoms with E-state index in [1.54, 1.807) is 0 Å². The van der Waals surface area contributed by atoms with Crippen LogP contribution in [0.1, 0.15) is 79.0 Å². The molecule has 0 saturated carbocycles. The minimum atomic E-state index is -0.688. The maximum atomic E-state index is 13.5. The number of carbonyl (C=O) groups excluding carboxylic acids is 1. The van der Waals surface area contributed by atoms with Crippen LogP contribution in [0.15, 0.2) is 42.5 Å². The van der Waals surface area contributed by atoms with Gasteiger partial charge in [0.1, 0.15) is 4.83 Å². The van der Waals surface area contributed by atoms with E-state index in [4.69, 9.17) is 4.98 Å². The number of thiophene rings is 1. The van der Waals surface area contributed by atoms with Gasteiger partial charge in [-0.25, -0.2) is 4.98 Å². The lowest BCUT2D eigenvalue weighted by Gasteiger charge is -2.34. The van der Waals surface area contributed by atoms with E-state index in [0.29, 0.717) is 23.6 Å². The molecule has 0 spiro atoms. The number of nitrogens with zero attached hydrogens (tertiary/aromatic N) is 2. The van der Waals surface area contributed by atoms with Gasteiger partial charge in [-0.3, -0.25) is 9.59 Å². The Bertz CT molecular complexity index is 1290. The zero-order valence-electron chi connectivity index (χ0n) is 22.7. The van der Waals surface area contributed by atoms with Crippen molar-refractivity contribution < 1.29 is 14.7 Å². The number of likely N-dealkylation sites (tertiary alicyclic amines) is 1. The highest BCUT2D eigenvalue weighted by molar-refractivity contribution is 7.20. The van der Waals surface area contributed by atoms with Crippen LogP contribution in [0.25, 0.3) is 10.2 Å². The number of carbonyl (C=O) groups is 2. The summed E-state index contributed by atoms with van der Waals surface area (Å²) in [4.78, 5) is 33.7. The van der Waals surface area contributed by atoms with E-state index >= 15 is 0 Å². The third-order valence-corrected chi connectivity index (χ3v) is 9.54. The van der Waals surface area contributed by atoms with Crippen LogP contribution in [0.2, 0.25) is 0 Å². The molecule has 2 aliphatic rings. The number of fused-ring (bicyclic) bond motifs is 2. The first kappa shape index (κ1) is 26.8. The summed E-state index contributed by atoms with van der Waals surface area (Å²) in [7, 11) is 0. The van der Waals surface area contributed by atoms with Crippen molar-refractivity contribution in [3.8, 4) is 0 Å². The molecule has 1 aliphatic heterocycles. The van der Waals surface area contributed by atoms with Gasteiger partial charge in [0.2, 0.25) is 0 Å². The van der Waals surface area contributed by atoms with Crippen LogP contribution in [0.3, 0.4) is 0 Å². The third-order valence-electron chi connectivity index (χ3n) is 8.50. The lowest BCUT2D eigenvalue weighted by Crippen LogP contribution is -2.38. The van der Waals surface area contributed by atoms with Crippen molar-refractivity contribution in [2.75, 3.05) is 19.6 Å². The van der Waals surface area contributed by atoms with Gasteiger partial charge in [0.05, 0.1) is 16.8 Å². The summed E-state index contributed by atoms with van der Waals surface area (Å²) in [6.45, 7) is 9.36. The summed E-state index contributed by atoms with van der Waals surface area (Å²) < 4.78 is 0. The third kappa shape index (κ3) is 6.10. The van der Waals surface area contributed by atoms with Gasteiger partial charge in [-0.15, -0.1) is 11.3 Å². The number of nitrogens with one attached hydrogen (secondary N) is 1. The van der Waals surface area contributed by atoms with Crippen molar-refractivity contribution in [3.05, 3.63) is 64.2 Å². The molecule has 0 bridgehead atoms. The van der Waals surface area contributed by atoms with Gasteiger partial charge in [-0.1, -0.05) is 51.1 Å². The molecule has 2 N–H and O–H groups in total. The van der Waals surface area contributed by atoms with E-state index in [0.717, 1.165) is 54.7 Å². The van der Waals surface area contributed by atoms with Crippen molar-refractivity contribution in [1.29, 1.82) is 0 Å². The minimum Gasteiger partial charge on any atom is -0.481 e. The van der Waals surface area contributed by atoms with E-state index in [2.05, 4.69) is 49.2 Å². The Morgan fingerprint density at radius 3 is 2.55 bits per heavy atom. The number of carboxylic acids is 1. The van der Waals surface area contributed by atoms with Gasteiger partial charge in [0, 0.05) is 17.6 Å². The zero-order chi connectivity index (χ0) is 26.9. The maximum absolute atomic E-state index is 13.5. The highest BCUT2D eigenvalue weighted by Crippen LogP contribution is 2.38. The fourth-order valence-corrected chi connectivity index (χ4v) is 6.86. The number of piperidine rings is 1. The van der Waals surface area contributed by atoms with Crippen molar-refractivity contribution >= 4 is 33.4 Å². The summed E-state index contributed by atoms with van der Waals surface area (Å²) in [5.41, 5.74) is 3.90. The second-order valence-corrected chi connectivity index (χ2v) is 13.1. The molecule has 1 saturated heterocycles. The predicted molar refractivity (Wildman–Crippen MR) is 153 cm³/mol. The number of amides is 1. The van der Waals surface area contributed by atoms with Crippen molar-refractivity contribution in [2.24, 2.45) is 17.3 Å². The first-order valence-corrected chi connectivity index (χ1v) is 14.7. The standard InChI is InChI=1S/C31H39N3O3S/c1-31(2,3)24-9-10-25-22(18-24)17-23-19-27(38-29(23)33-25)28(35)32-26(20-7-5-4-6-8-20)13-16-34-14-11-21(12-15-34)30(36)37/h4-8,17,19,21,24,26H,9-16,18H2,1-3H3,(H,32,35)(H,36,37)/t24-,26?/m0/s1. The molecule has 5 rings (SSSR count). The summed E-state index contributed by atoms with van der Waals surface area (Å²) in [5.74, 6) is -0.330. The van der Waals surface area contributed by atoms with Gasteiger partial charge in [-0.2, -0.15) is 0 Å². The summed E-state index contributed by atoms with van der Waals surface area (Å²) in [5, 5.41) is 13.6. The maximum Gasteiger partial charge on any atom is 0.306 e. The van der Waals surface area contributed by atoms with Crippen molar-refractivity contribution in [3.63, 3.8) is 0 Å². The molecule has 6 nitrogen and oxygen atoms in total. The molecule has 3 aromatic rings. The van der Waals surface area contributed by atoms with Crippen LogP contribution < -0.4 is 5.32 Å².